The van der Waals surface area contributed by atoms with E-state index in [4.69, 9.17) is 9.88 Å². The van der Waals surface area contributed by atoms with Crippen molar-refractivity contribution < 1.29 is 22.1 Å². The Morgan fingerprint density at radius 1 is 1.25 bits per heavy atom. The van der Waals surface area contributed by atoms with Gasteiger partial charge in [-0.15, -0.1) is 11.8 Å². The van der Waals surface area contributed by atoms with Crippen molar-refractivity contribution in [2.24, 2.45) is 5.14 Å². The van der Waals surface area contributed by atoms with E-state index in [1.165, 1.54) is 23.2 Å². The predicted molar refractivity (Wildman–Crippen MR) is 107 cm³/mol. The van der Waals surface area contributed by atoms with Crippen molar-refractivity contribution in [1.29, 1.82) is 0 Å². The molecule has 2 heterocycles. The Balaban J connectivity index is 1.95. The Labute approximate surface area is 165 Å². The van der Waals surface area contributed by atoms with E-state index in [1.54, 1.807) is 23.5 Å². The maximum Gasteiger partial charge on any atom is 0.433 e. The van der Waals surface area contributed by atoms with E-state index in [1.807, 2.05) is 24.5 Å². The van der Waals surface area contributed by atoms with Crippen LogP contribution in [0.15, 0.2) is 48.0 Å². The molecule has 2 N–H and O–H groups in total. The average molecular weight is 429 g/mol. The molecule has 5 nitrogen and oxygen atoms in total. The van der Waals surface area contributed by atoms with Gasteiger partial charge in [-0.1, -0.05) is 6.07 Å². The molecule has 150 valence electrons. The van der Waals surface area contributed by atoms with Gasteiger partial charge in [0.1, 0.15) is 21.3 Å². The lowest BCUT2D eigenvalue weighted by molar-refractivity contribution is -0.141. The Morgan fingerprint density at radius 3 is 2.46 bits per heavy atom. The molecule has 2 unspecified atom stereocenters. The number of nitrogens with two attached hydrogens (primary N) is 1. The van der Waals surface area contributed by atoms with Crippen LogP contribution < -0.4 is 9.88 Å². The zero-order valence-corrected chi connectivity index (χ0v) is 16.6. The number of nitrogens with zero attached hydrogens (tertiary/aromatic N) is 2. The maximum atomic E-state index is 13.3. The number of ether oxygens (including phenoxy) is 1. The summed E-state index contributed by atoms with van der Waals surface area (Å²) in [5.41, 5.74) is 0.703. The normalized spacial score (nSPS) is 19.1. The third kappa shape index (κ3) is 4.29. The molecule has 2 atom stereocenters. The lowest BCUT2D eigenvalue weighted by Gasteiger charge is -2.28. The van der Waals surface area contributed by atoms with Gasteiger partial charge < -0.3 is 4.74 Å². The zero-order valence-electron chi connectivity index (χ0n) is 15.0. The molecule has 10 heteroatoms. The SMILES string of the molecule is COc1ccc(C2=CSC(C)N2S(N)(=O)=Cc2ccc(C(F)(F)F)nc2)cc1. The smallest absolute Gasteiger partial charge is 0.433 e. The van der Waals surface area contributed by atoms with Crippen LogP contribution in [0, 0.1) is 0 Å². The molecule has 28 heavy (non-hydrogen) atoms. The highest BCUT2D eigenvalue weighted by Gasteiger charge is 2.32. The van der Waals surface area contributed by atoms with Crippen LogP contribution in [0.5, 0.6) is 5.75 Å². The van der Waals surface area contributed by atoms with Gasteiger partial charge in [0, 0.05) is 17.1 Å². The molecule has 1 aliphatic heterocycles. The van der Waals surface area contributed by atoms with Gasteiger partial charge in [-0.3, -0.25) is 9.29 Å². The highest BCUT2D eigenvalue weighted by Crippen LogP contribution is 2.38. The van der Waals surface area contributed by atoms with Gasteiger partial charge in [-0.05, 0) is 48.2 Å². The molecule has 3 rings (SSSR count). The Bertz CT molecular complexity index is 996. The molecule has 1 aromatic heterocycles. The second-order valence-corrected chi connectivity index (χ2v) is 9.05. The minimum atomic E-state index is -4.53. The van der Waals surface area contributed by atoms with Crippen LogP contribution in [0.2, 0.25) is 0 Å². The van der Waals surface area contributed by atoms with E-state index in [0.717, 1.165) is 17.8 Å². The number of aromatic nitrogens is 1. The molecule has 0 fully saturated rings. The standard InChI is InChI=1S/C18H18F3N3O2S2/c1-12-24(16(10-27-12)14-4-6-15(26-2)7-5-14)28(22,25)11-13-3-8-17(23-9-13)18(19,20)21/h3-12H,1-2H3,(H2,22,25). The van der Waals surface area contributed by atoms with Crippen molar-refractivity contribution in [3.8, 4) is 5.75 Å². The minimum absolute atomic E-state index is 0.215. The quantitative estimate of drug-likeness (QED) is 0.752. The summed E-state index contributed by atoms with van der Waals surface area (Å²) in [6, 6.07) is 9.25. The monoisotopic (exact) mass is 429 g/mol. The summed E-state index contributed by atoms with van der Waals surface area (Å²) in [5.74, 6) is 0.686. The van der Waals surface area contributed by atoms with E-state index < -0.39 is 21.8 Å². The molecule has 1 aromatic carbocycles. The first-order chi connectivity index (χ1) is 13.1. The molecule has 0 aliphatic carbocycles. The van der Waals surface area contributed by atoms with E-state index in [9.17, 15) is 17.4 Å². The molecule has 0 saturated carbocycles. The van der Waals surface area contributed by atoms with Crippen LogP contribution >= 0.6 is 11.8 Å². The second kappa shape index (κ2) is 7.69. The van der Waals surface area contributed by atoms with Crippen LogP contribution in [0.25, 0.3) is 5.70 Å². The third-order valence-electron chi connectivity index (χ3n) is 4.02. The zero-order chi connectivity index (χ0) is 20.5. The van der Waals surface area contributed by atoms with E-state index in [0.29, 0.717) is 11.4 Å². The highest BCUT2D eigenvalue weighted by molar-refractivity contribution is 8.05. The summed E-state index contributed by atoms with van der Waals surface area (Å²) < 4.78 is 58.0. The Kier molecular flexibility index (Phi) is 5.64. The molecule has 1 aliphatic rings. The maximum absolute atomic E-state index is 13.3. The molecule has 0 amide bonds. The molecule has 0 saturated heterocycles. The summed E-state index contributed by atoms with van der Waals surface area (Å²) in [6.07, 6.45) is -3.52. The van der Waals surface area contributed by atoms with Gasteiger partial charge >= 0.3 is 6.18 Å². The number of hydrogen-bond acceptors (Lipinski definition) is 4. The minimum Gasteiger partial charge on any atom is -0.497 e. The molecule has 0 spiro atoms. The first-order valence-corrected chi connectivity index (χ1v) is 10.7. The lowest BCUT2D eigenvalue weighted by atomic mass is 10.1. The van der Waals surface area contributed by atoms with Crippen LogP contribution in [-0.4, -0.2) is 31.3 Å². The van der Waals surface area contributed by atoms with Gasteiger partial charge in [0.05, 0.1) is 18.2 Å². The summed E-state index contributed by atoms with van der Waals surface area (Å²) in [6.45, 7) is 1.85. The van der Waals surface area contributed by atoms with Crippen molar-refractivity contribution in [2.45, 2.75) is 18.5 Å². The van der Waals surface area contributed by atoms with Crippen LogP contribution in [0.4, 0.5) is 13.2 Å². The number of rotatable bonds is 4. The summed E-state index contributed by atoms with van der Waals surface area (Å²) in [5, 5.41) is 9.02. The molecular weight excluding hydrogens is 411 g/mol. The fourth-order valence-electron chi connectivity index (χ4n) is 2.70. The van der Waals surface area contributed by atoms with Crippen molar-refractivity contribution in [1.82, 2.24) is 9.29 Å². The number of pyridine rings is 1. The van der Waals surface area contributed by atoms with Crippen LogP contribution in [0.1, 0.15) is 23.7 Å². The lowest BCUT2D eigenvalue weighted by Crippen LogP contribution is -2.39. The summed E-state index contributed by atoms with van der Waals surface area (Å²) in [7, 11) is -1.64. The highest BCUT2D eigenvalue weighted by atomic mass is 32.2. The number of halogens is 3. The summed E-state index contributed by atoms with van der Waals surface area (Å²) >= 11 is 1.45. The fraction of sp³-hybridized carbons (Fsp3) is 0.222. The fourth-order valence-corrected chi connectivity index (χ4v) is 5.69. The van der Waals surface area contributed by atoms with Crippen molar-refractivity contribution in [2.75, 3.05) is 7.11 Å². The molecular formula is C18H18F3N3O2S2. The molecule has 2 aromatic rings. The largest absolute Gasteiger partial charge is 0.497 e. The first kappa shape index (κ1) is 20.6. The van der Waals surface area contributed by atoms with E-state index >= 15 is 0 Å². The number of benzene rings is 1. The molecule has 0 radical (unpaired) electrons. The topological polar surface area (TPSA) is 68.5 Å². The van der Waals surface area contributed by atoms with Gasteiger partial charge in [-0.25, -0.2) is 9.35 Å². The third-order valence-corrected chi connectivity index (χ3v) is 6.85. The van der Waals surface area contributed by atoms with Gasteiger partial charge in [-0.2, -0.15) is 13.2 Å². The number of hydrogen-bond donors (Lipinski definition) is 1. The Morgan fingerprint density at radius 2 is 1.93 bits per heavy atom. The van der Waals surface area contributed by atoms with E-state index in [2.05, 4.69) is 4.98 Å². The number of alkyl halides is 3. The number of methoxy groups -OCH3 is 1. The second-order valence-electron chi connectivity index (χ2n) is 6.00. The average Bonchev–Trinajstić information content (AvgIpc) is 3.03. The van der Waals surface area contributed by atoms with Crippen LogP contribution in [-0.2, 0) is 16.1 Å². The van der Waals surface area contributed by atoms with Crippen molar-refractivity contribution >= 4 is 32.7 Å². The predicted octanol–water partition coefficient (Wildman–Crippen LogP) is 3.73. The van der Waals surface area contributed by atoms with Gasteiger partial charge in [0.15, 0.2) is 0 Å². The Hall–Kier alpha value is -2.17. The van der Waals surface area contributed by atoms with Gasteiger partial charge in [0.2, 0.25) is 0 Å². The summed E-state index contributed by atoms with van der Waals surface area (Å²) in [4.78, 5) is 3.39. The molecule has 0 bridgehead atoms. The van der Waals surface area contributed by atoms with Crippen molar-refractivity contribution in [3.05, 3.63) is 64.8 Å². The van der Waals surface area contributed by atoms with Crippen LogP contribution in [0.3, 0.4) is 0 Å². The van der Waals surface area contributed by atoms with E-state index in [-0.39, 0.29) is 10.9 Å². The van der Waals surface area contributed by atoms with Crippen molar-refractivity contribution in [3.63, 3.8) is 0 Å². The number of thioether (sulfide) groups is 1. The van der Waals surface area contributed by atoms with Gasteiger partial charge in [0.25, 0.3) is 0 Å². The first-order valence-electron chi connectivity index (χ1n) is 8.11.